The van der Waals surface area contributed by atoms with E-state index in [2.05, 4.69) is 5.32 Å². The van der Waals surface area contributed by atoms with Crippen LogP contribution in [0.15, 0.2) is 0 Å². The molecule has 0 saturated heterocycles. The monoisotopic (exact) mass is 254 g/mol. The lowest BCUT2D eigenvalue weighted by molar-refractivity contribution is -0.122. The third-order valence-electron chi connectivity index (χ3n) is 4.42. The van der Waals surface area contributed by atoms with Gasteiger partial charge < -0.3 is 11.1 Å². The summed E-state index contributed by atoms with van der Waals surface area (Å²) in [7, 11) is 0. The highest BCUT2D eigenvalue weighted by molar-refractivity contribution is 7.80. The van der Waals surface area contributed by atoms with Crippen molar-refractivity contribution < 1.29 is 4.79 Å². The van der Waals surface area contributed by atoms with Crippen molar-refractivity contribution in [2.75, 3.05) is 0 Å². The zero-order chi connectivity index (χ0) is 12.4. The first-order chi connectivity index (χ1) is 8.10. The van der Waals surface area contributed by atoms with Gasteiger partial charge in [-0.25, -0.2) is 0 Å². The van der Waals surface area contributed by atoms with E-state index in [4.69, 9.17) is 18.0 Å². The number of rotatable bonds is 5. The molecule has 0 heterocycles. The molecule has 4 unspecified atom stereocenters. The van der Waals surface area contributed by atoms with E-state index in [1.807, 2.05) is 6.92 Å². The van der Waals surface area contributed by atoms with E-state index < -0.39 is 0 Å². The van der Waals surface area contributed by atoms with E-state index >= 15 is 0 Å². The van der Waals surface area contributed by atoms with Gasteiger partial charge in [0.25, 0.3) is 0 Å². The maximum Gasteiger partial charge on any atom is 0.220 e. The highest BCUT2D eigenvalue weighted by Gasteiger charge is 2.40. The number of carbonyl (C=O) groups is 1. The fourth-order valence-corrected chi connectivity index (χ4v) is 3.72. The normalized spacial score (nSPS) is 32.4. The van der Waals surface area contributed by atoms with Crippen LogP contribution >= 0.6 is 12.2 Å². The van der Waals surface area contributed by atoms with Crippen LogP contribution in [0.1, 0.15) is 45.4 Å². The molecule has 3 N–H and O–H groups in total. The number of thiocarbonyl (C=S) groups is 1. The number of nitrogens with two attached hydrogens (primary N) is 1. The molecule has 0 radical (unpaired) electrons. The van der Waals surface area contributed by atoms with Gasteiger partial charge in [0.1, 0.15) is 0 Å². The van der Waals surface area contributed by atoms with Crippen molar-refractivity contribution in [2.45, 2.75) is 51.5 Å². The molecule has 2 fully saturated rings. The zero-order valence-electron chi connectivity index (χ0n) is 10.4. The van der Waals surface area contributed by atoms with Crippen molar-refractivity contribution in [1.29, 1.82) is 0 Å². The van der Waals surface area contributed by atoms with E-state index in [1.54, 1.807) is 0 Å². The summed E-state index contributed by atoms with van der Waals surface area (Å²) in [5, 5.41) is 2.95. The molecule has 2 saturated carbocycles. The summed E-state index contributed by atoms with van der Waals surface area (Å²) >= 11 is 4.93. The van der Waals surface area contributed by atoms with Crippen molar-refractivity contribution in [3.8, 4) is 0 Å². The smallest absolute Gasteiger partial charge is 0.220 e. The lowest BCUT2D eigenvalue weighted by atomic mass is 9.86. The Morgan fingerprint density at radius 2 is 2.24 bits per heavy atom. The Morgan fingerprint density at radius 3 is 2.71 bits per heavy atom. The summed E-state index contributed by atoms with van der Waals surface area (Å²) in [6.07, 6.45) is 6.76. The highest BCUT2D eigenvalue weighted by atomic mass is 32.1. The molecule has 3 nitrogen and oxygen atoms in total. The second-order valence-electron chi connectivity index (χ2n) is 5.57. The van der Waals surface area contributed by atoms with Crippen molar-refractivity contribution in [1.82, 2.24) is 5.32 Å². The number of hydrogen-bond acceptors (Lipinski definition) is 2. The Balaban J connectivity index is 1.79. The van der Waals surface area contributed by atoms with Crippen LogP contribution in [0.5, 0.6) is 0 Å². The minimum atomic E-state index is -0.129. The lowest BCUT2D eigenvalue weighted by Gasteiger charge is -2.22. The highest BCUT2D eigenvalue weighted by Crippen LogP contribution is 2.49. The Bertz CT molecular complexity index is 319. The van der Waals surface area contributed by atoms with Crippen LogP contribution in [0.4, 0.5) is 0 Å². The van der Waals surface area contributed by atoms with Gasteiger partial charge in [-0.3, -0.25) is 4.79 Å². The topological polar surface area (TPSA) is 55.1 Å². The van der Waals surface area contributed by atoms with Crippen LogP contribution < -0.4 is 11.1 Å². The maximum absolute atomic E-state index is 11.9. The SMILES string of the molecule is CCC(NC(=O)CC1CC2CCC1C2)C(N)=S. The molecular weight excluding hydrogens is 232 g/mol. The quantitative estimate of drug-likeness (QED) is 0.738. The zero-order valence-corrected chi connectivity index (χ0v) is 11.3. The number of hydrogen-bond donors (Lipinski definition) is 2. The largest absolute Gasteiger partial charge is 0.392 e. The molecule has 0 aliphatic heterocycles. The van der Waals surface area contributed by atoms with Gasteiger partial charge in [-0.2, -0.15) is 0 Å². The molecule has 0 aromatic rings. The number of amides is 1. The van der Waals surface area contributed by atoms with Gasteiger partial charge in [-0.1, -0.05) is 25.6 Å². The second-order valence-corrected chi connectivity index (χ2v) is 6.04. The average Bonchev–Trinajstić information content (AvgIpc) is 2.87. The standard InChI is InChI=1S/C13H22N2OS/c1-2-11(13(14)17)15-12(16)7-10-6-8-3-4-9(10)5-8/h8-11H,2-7H2,1H3,(H2,14,17)(H,15,16). The van der Waals surface area contributed by atoms with E-state index in [1.165, 1.54) is 25.7 Å². The van der Waals surface area contributed by atoms with E-state index in [0.717, 1.165) is 18.3 Å². The summed E-state index contributed by atoms with van der Waals surface area (Å²) in [5.74, 6) is 2.44. The Hall–Kier alpha value is -0.640. The summed E-state index contributed by atoms with van der Waals surface area (Å²) in [4.78, 5) is 12.3. The van der Waals surface area contributed by atoms with Crippen LogP contribution in [-0.2, 0) is 4.79 Å². The van der Waals surface area contributed by atoms with Crippen LogP contribution in [0.2, 0.25) is 0 Å². The fraction of sp³-hybridized carbons (Fsp3) is 0.846. The minimum Gasteiger partial charge on any atom is -0.392 e. The molecule has 2 bridgehead atoms. The van der Waals surface area contributed by atoms with E-state index in [-0.39, 0.29) is 11.9 Å². The summed E-state index contributed by atoms with van der Waals surface area (Å²) in [6, 6.07) is -0.129. The molecule has 17 heavy (non-hydrogen) atoms. The van der Waals surface area contributed by atoms with Crippen LogP contribution in [-0.4, -0.2) is 16.9 Å². The Kier molecular flexibility index (Phi) is 4.02. The third kappa shape index (κ3) is 2.97. The van der Waals surface area contributed by atoms with Crippen LogP contribution in [0.3, 0.4) is 0 Å². The molecule has 0 aromatic heterocycles. The van der Waals surface area contributed by atoms with Gasteiger partial charge in [0.2, 0.25) is 5.91 Å². The van der Waals surface area contributed by atoms with Crippen LogP contribution in [0, 0.1) is 17.8 Å². The molecule has 2 rings (SSSR count). The maximum atomic E-state index is 11.9. The predicted octanol–water partition coefficient (Wildman–Crippen LogP) is 1.99. The van der Waals surface area contributed by atoms with Crippen molar-refractivity contribution in [2.24, 2.45) is 23.5 Å². The first-order valence-corrected chi connectivity index (χ1v) is 7.09. The van der Waals surface area contributed by atoms with Gasteiger partial charge in [0, 0.05) is 6.42 Å². The summed E-state index contributed by atoms with van der Waals surface area (Å²) < 4.78 is 0. The Labute approximate surface area is 109 Å². The molecule has 4 atom stereocenters. The third-order valence-corrected chi connectivity index (χ3v) is 4.70. The molecule has 0 spiro atoms. The first kappa shape index (κ1) is 12.8. The second kappa shape index (κ2) is 5.34. The summed E-state index contributed by atoms with van der Waals surface area (Å²) in [5.41, 5.74) is 5.58. The minimum absolute atomic E-state index is 0.127. The van der Waals surface area contributed by atoms with Crippen molar-refractivity contribution in [3.63, 3.8) is 0 Å². The van der Waals surface area contributed by atoms with Gasteiger partial charge in [-0.15, -0.1) is 0 Å². The summed E-state index contributed by atoms with van der Waals surface area (Å²) in [6.45, 7) is 1.99. The average molecular weight is 254 g/mol. The number of fused-ring (bicyclic) bond motifs is 2. The number of carbonyl (C=O) groups excluding carboxylic acids is 1. The van der Waals surface area contributed by atoms with Crippen LogP contribution in [0.25, 0.3) is 0 Å². The molecule has 0 aromatic carbocycles. The Morgan fingerprint density at radius 1 is 1.47 bits per heavy atom. The lowest BCUT2D eigenvalue weighted by Crippen LogP contribution is -2.43. The predicted molar refractivity (Wildman–Crippen MR) is 72.6 cm³/mol. The molecule has 96 valence electrons. The van der Waals surface area contributed by atoms with Gasteiger partial charge in [0.05, 0.1) is 11.0 Å². The van der Waals surface area contributed by atoms with Gasteiger partial charge in [-0.05, 0) is 43.4 Å². The van der Waals surface area contributed by atoms with Gasteiger partial charge >= 0.3 is 0 Å². The number of nitrogens with one attached hydrogen (secondary N) is 1. The molecule has 1 amide bonds. The molecular formula is C13H22N2OS. The van der Waals surface area contributed by atoms with Crippen molar-refractivity contribution in [3.05, 3.63) is 0 Å². The van der Waals surface area contributed by atoms with E-state index in [9.17, 15) is 4.79 Å². The van der Waals surface area contributed by atoms with Gasteiger partial charge in [0.15, 0.2) is 0 Å². The molecule has 2 aliphatic carbocycles. The first-order valence-electron chi connectivity index (χ1n) is 6.68. The van der Waals surface area contributed by atoms with Crippen molar-refractivity contribution >= 4 is 23.1 Å². The molecule has 2 aliphatic rings. The molecule has 4 heteroatoms. The van der Waals surface area contributed by atoms with E-state index in [0.29, 0.717) is 17.3 Å². The fourth-order valence-electron chi connectivity index (χ4n) is 3.49.